The van der Waals surface area contributed by atoms with E-state index >= 15 is 0 Å². The van der Waals surface area contributed by atoms with Crippen LogP contribution >= 0.6 is 12.4 Å². The second-order valence-electron chi connectivity index (χ2n) is 6.39. The van der Waals surface area contributed by atoms with E-state index in [-0.39, 0.29) is 23.7 Å². The van der Waals surface area contributed by atoms with E-state index in [1.807, 2.05) is 12.1 Å². The Balaban J connectivity index is 0.00000242. The van der Waals surface area contributed by atoms with E-state index in [2.05, 4.69) is 36.6 Å². The normalized spacial score (nSPS) is 17.7. The van der Waals surface area contributed by atoms with E-state index in [0.29, 0.717) is 19.0 Å². The van der Waals surface area contributed by atoms with Gasteiger partial charge in [0.2, 0.25) is 5.91 Å². The number of benzene rings is 1. The number of carbonyl (C=O) groups excluding carboxylic acids is 1. The predicted molar refractivity (Wildman–Crippen MR) is 91.9 cm³/mol. The van der Waals surface area contributed by atoms with Crippen molar-refractivity contribution in [2.75, 3.05) is 20.2 Å². The highest BCUT2D eigenvalue weighted by Crippen LogP contribution is 2.24. The topological polar surface area (TPSA) is 50.4 Å². The molecule has 5 heteroatoms. The van der Waals surface area contributed by atoms with Crippen molar-refractivity contribution in [3.05, 3.63) is 29.8 Å². The van der Waals surface area contributed by atoms with Gasteiger partial charge in [-0.2, -0.15) is 0 Å². The Morgan fingerprint density at radius 1 is 1.36 bits per heavy atom. The van der Waals surface area contributed by atoms with Crippen molar-refractivity contribution in [1.29, 1.82) is 0 Å². The summed E-state index contributed by atoms with van der Waals surface area (Å²) in [5, 5.41) is 6.42. The first-order chi connectivity index (χ1) is 10.0. The van der Waals surface area contributed by atoms with Crippen LogP contribution in [0.4, 0.5) is 0 Å². The molecule has 2 N–H and O–H groups in total. The molecular weight excluding hydrogens is 300 g/mol. The molecule has 1 heterocycles. The first-order valence-corrected chi connectivity index (χ1v) is 7.66. The molecule has 22 heavy (non-hydrogen) atoms. The minimum Gasteiger partial charge on any atom is -0.497 e. The summed E-state index contributed by atoms with van der Waals surface area (Å²) in [5.41, 5.74) is 1.10. The van der Waals surface area contributed by atoms with Gasteiger partial charge in [0.05, 0.1) is 7.11 Å². The van der Waals surface area contributed by atoms with Gasteiger partial charge in [0, 0.05) is 24.4 Å². The highest BCUT2D eigenvalue weighted by molar-refractivity contribution is 5.85. The Hall–Kier alpha value is -1.26. The van der Waals surface area contributed by atoms with Crippen LogP contribution in [0.5, 0.6) is 5.75 Å². The zero-order valence-corrected chi connectivity index (χ0v) is 14.5. The first-order valence-electron chi connectivity index (χ1n) is 7.66. The number of halogens is 1. The maximum absolute atomic E-state index is 12.0. The molecule has 1 unspecified atom stereocenters. The van der Waals surface area contributed by atoms with Crippen LogP contribution in [-0.4, -0.2) is 32.1 Å². The van der Waals surface area contributed by atoms with Crippen LogP contribution in [0.2, 0.25) is 0 Å². The van der Waals surface area contributed by atoms with Gasteiger partial charge in [-0.05, 0) is 37.1 Å². The highest BCUT2D eigenvalue weighted by atomic mass is 35.5. The van der Waals surface area contributed by atoms with E-state index < -0.39 is 0 Å². The van der Waals surface area contributed by atoms with Gasteiger partial charge < -0.3 is 15.4 Å². The molecule has 4 nitrogen and oxygen atoms in total. The van der Waals surface area contributed by atoms with Crippen LogP contribution in [-0.2, 0) is 10.2 Å². The molecule has 0 radical (unpaired) electrons. The monoisotopic (exact) mass is 326 g/mol. The van der Waals surface area contributed by atoms with Crippen LogP contribution in [0.15, 0.2) is 24.3 Å². The molecule has 1 aromatic rings. The minimum atomic E-state index is -0.0922. The summed E-state index contributed by atoms with van der Waals surface area (Å²) in [6.45, 7) is 5.96. The standard InChI is InChI=1S/C17H26N2O2.ClH/c1-17(2,13-6-8-15(21-3)9-7-13)12-19-16(20)11-14-5-4-10-18-14;/h6-9,14,18H,4-5,10-12H2,1-3H3,(H,19,20);1H. The highest BCUT2D eigenvalue weighted by Gasteiger charge is 2.23. The predicted octanol–water partition coefficient (Wildman–Crippen LogP) is 2.65. The van der Waals surface area contributed by atoms with Crippen LogP contribution in [0.1, 0.15) is 38.7 Å². The van der Waals surface area contributed by atoms with Gasteiger partial charge in [0.1, 0.15) is 5.75 Å². The molecule has 0 bridgehead atoms. The minimum absolute atomic E-state index is 0. The molecular formula is C17H27ClN2O2. The Morgan fingerprint density at radius 3 is 2.59 bits per heavy atom. The van der Waals surface area contributed by atoms with Gasteiger partial charge in [0.25, 0.3) is 0 Å². The van der Waals surface area contributed by atoms with Crippen molar-refractivity contribution >= 4 is 18.3 Å². The summed E-state index contributed by atoms with van der Waals surface area (Å²) >= 11 is 0. The number of hydrogen-bond acceptors (Lipinski definition) is 3. The second-order valence-corrected chi connectivity index (χ2v) is 6.39. The maximum atomic E-state index is 12.0. The van der Waals surface area contributed by atoms with Crippen LogP contribution < -0.4 is 15.4 Å². The smallest absolute Gasteiger partial charge is 0.221 e. The summed E-state index contributed by atoms with van der Waals surface area (Å²) in [5.74, 6) is 0.988. The third-order valence-corrected chi connectivity index (χ3v) is 4.19. The Bertz CT molecular complexity index is 468. The Morgan fingerprint density at radius 2 is 2.05 bits per heavy atom. The molecule has 1 saturated heterocycles. The molecule has 0 spiro atoms. The quantitative estimate of drug-likeness (QED) is 0.845. The van der Waals surface area contributed by atoms with Gasteiger partial charge in [-0.25, -0.2) is 0 Å². The summed E-state index contributed by atoms with van der Waals surface area (Å²) in [7, 11) is 1.66. The number of hydrogen-bond donors (Lipinski definition) is 2. The molecule has 1 aliphatic rings. The fourth-order valence-corrected chi connectivity index (χ4v) is 2.69. The van der Waals surface area contributed by atoms with Crippen molar-refractivity contribution in [3.63, 3.8) is 0 Å². The Kier molecular flexibility index (Phi) is 7.17. The molecule has 1 atom stereocenters. The van der Waals surface area contributed by atoms with Crippen LogP contribution in [0.3, 0.4) is 0 Å². The molecule has 1 fully saturated rings. The lowest BCUT2D eigenvalue weighted by Crippen LogP contribution is -2.39. The molecule has 1 amide bonds. The van der Waals surface area contributed by atoms with Gasteiger partial charge in [-0.1, -0.05) is 26.0 Å². The lowest BCUT2D eigenvalue weighted by Gasteiger charge is -2.26. The molecule has 1 aromatic carbocycles. The lowest BCUT2D eigenvalue weighted by atomic mass is 9.84. The van der Waals surface area contributed by atoms with Crippen molar-refractivity contribution in [2.45, 2.75) is 44.6 Å². The van der Waals surface area contributed by atoms with Gasteiger partial charge >= 0.3 is 0 Å². The Labute approximate surface area is 139 Å². The second kappa shape index (κ2) is 8.39. The molecule has 0 saturated carbocycles. The fourth-order valence-electron chi connectivity index (χ4n) is 2.69. The van der Waals surface area contributed by atoms with E-state index in [9.17, 15) is 4.79 Å². The average molecular weight is 327 g/mol. The number of nitrogens with one attached hydrogen (secondary N) is 2. The van der Waals surface area contributed by atoms with Gasteiger partial charge in [-0.15, -0.1) is 12.4 Å². The third kappa shape index (κ3) is 5.18. The maximum Gasteiger partial charge on any atom is 0.221 e. The van der Waals surface area contributed by atoms with Crippen molar-refractivity contribution in [3.8, 4) is 5.75 Å². The summed E-state index contributed by atoms with van der Waals surface area (Å²) in [4.78, 5) is 12.0. The number of rotatable bonds is 6. The molecule has 0 aromatic heterocycles. The zero-order chi connectivity index (χ0) is 15.3. The average Bonchev–Trinajstić information content (AvgIpc) is 2.98. The number of amides is 1. The molecule has 124 valence electrons. The zero-order valence-electron chi connectivity index (χ0n) is 13.6. The van der Waals surface area contributed by atoms with Gasteiger partial charge in [0.15, 0.2) is 0 Å². The number of methoxy groups -OCH3 is 1. The SMILES string of the molecule is COc1ccc(C(C)(C)CNC(=O)CC2CCCN2)cc1.Cl. The molecule has 0 aliphatic carbocycles. The van der Waals surface area contributed by atoms with Crippen molar-refractivity contribution < 1.29 is 9.53 Å². The first kappa shape index (κ1) is 18.8. The van der Waals surface area contributed by atoms with E-state index in [0.717, 1.165) is 18.7 Å². The lowest BCUT2D eigenvalue weighted by molar-refractivity contribution is -0.121. The summed E-state index contributed by atoms with van der Waals surface area (Å²) in [6.07, 6.45) is 2.86. The molecule has 2 rings (SSSR count). The number of carbonyl (C=O) groups is 1. The summed E-state index contributed by atoms with van der Waals surface area (Å²) in [6, 6.07) is 8.39. The van der Waals surface area contributed by atoms with E-state index in [1.54, 1.807) is 7.11 Å². The van der Waals surface area contributed by atoms with E-state index in [1.165, 1.54) is 12.0 Å². The van der Waals surface area contributed by atoms with Crippen LogP contribution in [0.25, 0.3) is 0 Å². The van der Waals surface area contributed by atoms with E-state index in [4.69, 9.17) is 4.74 Å². The molecule has 1 aliphatic heterocycles. The summed E-state index contributed by atoms with van der Waals surface area (Å²) < 4.78 is 5.18. The largest absolute Gasteiger partial charge is 0.497 e. The van der Waals surface area contributed by atoms with Crippen molar-refractivity contribution in [1.82, 2.24) is 10.6 Å². The third-order valence-electron chi connectivity index (χ3n) is 4.19. The van der Waals surface area contributed by atoms with Crippen molar-refractivity contribution in [2.24, 2.45) is 0 Å². The van der Waals surface area contributed by atoms with Gasteiger partial charge in [-0.3, -0.25) is 4.79 Å². The fraction of sp³-hybridized carbons (Fsp3) is 0.588. The van der Waals surface area contributed by atoms with Crippen LogP contribution in [0, 0.1) is 0 Å². The number of ether oxygens (including phenoxy) is 1.